The molecule has 6 nitrogen and oxygen atoms in total. The molecule has 29 heavy (non-hydrogen) atoms. The highest BCUT2D eigenvalue weighted by Gasteiger charge is 2.27. The molecule has 1 atom stereocenters. The molecular weight excluding hydrogens is 366 g/mol. The zero-order valence-electron chi connectivity index (χ0n) is 16.7. The molecular formula is C23H23N3O3. The lowest BCUT2D eigenvalue weighted by atomic mass is 10.1. The fourth-order valence-corrected chi connectivity index (χ4v) is 3.79. The summed E-state index contributed by atoms with van der Waals surface area (Å²) in [5.41, 5.74) is 3.46. The van der Waals surface area contributed by atoms with E-state index in [0.717, 1.165) is 12.2 Å². The molecule has 3 aromatic rings. The van der Waals surface area contributed by atoms with Crippen molar-refractivity contribution in [3.05, 3.63) is 71.9 Å². The Morgan fingerprint density at radius 1 is 1.03 bits per heavy atom. The second kappa shape index (κ2) is 7.83. The first-order chi connectivity index (χ1) is 14.1. The molecule has 1 N–H and O–H groups in total. The third-order valence-corrected chi connectivity index (χ3v) is 5.11. The number of carbonyl (C=O) groups excluding carboxylic acids is 1. The van der Waals surface area contributed by atoms with Gasteiger partial charge in [-0.3, -0.25) is 4.79 Å². The van der Waals surface area contributed by atoms with E-state index in [1.54, 1.807) is 24.4 Å². The molecule has 1 aliphatic heterocycles. The molecule has 1 amide bonds. The molecule has 0 bridgehead atoms. The topological polar surface area (TPSA) is 63.7 Å². The number of carbonyl (C=O) groups is 1. The number of hydrogen-bond donors (Lipinski definition) is 1. The van der Waals surface area contributed by atoms with Gasteiger partial charge in [-0.05, 0) is 49.2 Å². The molecule has 2 aromatic carbocycles. The molecule has 6 heteroatoms. The van der Waals surface area contributed by atoms with Gasteiger partial charge in [-0.1, -0.05) is 24.3 Å². The minimum absolute atomic E-state index is 0.311. The largest absolute Gasteiger partial charge is 0.496 e. The fraction of sp³-hybridized carbons (Fsp3) is 0.217. The first-order valence-corrected chi connectivity index (χ1v) is 9.48. The number of nitrogens with zero attached hydrogens (tertiary/aromatic N) is 2. The number of para-hydroxylation sites is 1. The van der Waals surface area contributed by atoms with Gasteiger partial charge in [-0.15, -0.1) is 0 Å². The van der Waals surface area contributed by atoms with E-state index in [4.69, 9.17) is 9.47 Å². The summed E-state index contributed by atoms with van der Waals surface area (Å²) in [4.78, 5) is 19.6. The maximum Gasteiger partial charge on any atom is 0.263 e. The van der Waals surface area contributed by atoms with Gasteiger partial charge in [-0.2, -0.15) is 0 Å². The van der Waals surface area contributed by atoms with Gasteiger partial charge in [0.15, 0.2) is 0 Å². The summed E-state index contributed by atoms with van der Waals surface area (Å²) in [5.74, 6) is 1.45. The summed E-state index contributed by atoms with van der Waals surface area (Å²) in [6, 6.07) is 17.7. The SMILES string of the molecule is COc1cccc(OC)c1C(=O)Nc1ccc(N2c3ccccc3CC2C)nc1. The standard InChI is InChI=1S/C23H23N3O3/c1-15-13-16-7-4-5-8-18(16)26(15)21-12-11-17(14-24-21)25-23(27)22-19(28-2)9-6-10-20(22)29-3/h4-12,14-15H,13H2,1-3H3,(H,25,27). The summed E-state index contributed by atoms with van der Waals surface area (Å²) < 4.78 is 10.6. The number of ether oxygens (including phenoxy) is 2. The van der Waals surface area contributed by atoms with E-state index in [-0.39, 0.29) is 5.91 Å². The summed E-state index contributed by atoms with van der Waals surface area (Å²) >= 11 is 0. The van der Waals surface area contributed by atoms with Gasteiger partial charge in [0.05, 0.1) is 26.1 Å². The van der Waals surface area contributed by atoms with Crippen LogP contribution in [0.3, 0.4) is 0 Å². The van der Waals surface area contributed by atoms with E-state index in [1.807, 2.05) is 18.2 Å². The van der Waals surface area contributed by atoms with E-state index in [1.165, 1.54) is 25.5 Å². The second-order valence-corrected chi connectivity index (χ2v) is 6.95. The Labute approximate surface area is 170 Å². The Morgan fingerprint density at radius 3 is 2.41 bits per heavy atom. The van der Waals surface area contributed by atoms with Crippen molar-refractivity contribution in [2.45, 2.75) is 19.4 Å². The number of rotatable bonds is 5. The number of anilines is 3. The molecule has 0 saturated heterocycles. The minimum atomic E-state index is -0.311. The van der Waals surface area contributed by atoms with Crippen molar-refractivity contribution in [2.75, 3.05) is 24.4 Å². The first-order valence-electron chi connectivity index (χ1n) is 9.48. The first kappa shape index (κ1) is 18.8. The highest BCUT2D eigenvalue weighted by Crippen LogP contribution is 2.37. The van der Waals surface area contributed by atoms with Crippen molar-refractivity contribution in [1.29, 1.82) is 0 Å². The lowest BCUT2D eigenvalue weighted by Gasteiger charge is -2.24. The number of fused-ring (bicyclic) bond motifs is 1. The van der Waals surface area contributed by atoms with Gasteiger partial charge in [-0.25, -0.2) is 4.98 Å². The van der Waals surface area contributed by atoms with Gasteiger partial charge in [0, 0.05) is 11.7 Å². The average molecular weight is 389 g/mol. The Balaban J connectivity index is 1.56. The Hall–Kier alpha value is -3.54. The van der Waals surface area contributed by atoms with Crippen molar-refractivity contribution >= 4 is 23.1 Å². The van der Waals surface area contributed by atoms with Gasteiger partial charge < -0.3 is 19.7 Å². The summed E-state index contributed by atoms with van der Waals surface area (Å²) in [6.07, 6.45) is 2.66. The van der Waals surface area contributed by atoms with Crippen molar-refractivity contribution < 1.29 is 14.3 Å². The zero-order chi connectivity index (χ0) is 20.4. The van der Waals surface area contributed by atoms with E-state index in [2.05, 4.69) is 40.3 Å². The molecule has 2 heterocycles. The van der Waals surface area contributed by atoms with Gasteiger partial charge >= 0.3 is 0 Å². The van der Waals surface area contributed by atoms with E-state index in [0.29, 0.717) is 28.8 Å². The number of nitrogens with one attached hydrogen (secondary N) is 1. The van der Waals surface area contributed by atoms with Crippen LogP contribution >= 0.6 is 0 Å². The third-order valence-electron chi connectivity index (χ3n) is 5.11. The predicted molar refractivity (Wildman–Crippen MR) is 113 cm³/mol. The predicted octanol–water partition coefficient (Wildman–Crippen LogP) is 4.43. The number of hydrogen-bond acceptors (Lipinski definition) is 5. The Kier molecular flexibility index (Phi) is 5.08. The molecule has 0 spiro atoms. The summed E-state index contributed by atoms with van der Waals surface area (Å²) in [6.45, 7) is 2.19. The van der Waals surface area contributed by atoms with Crippen LogP contribution in [0.4, 0.5) is 17.2 Å². The fourth-order valence-electron chi connectivity index (χ4n) is 3.79. The average Bonchev–Trinajstić information content (AvgIpc) is 3.09. The molecule has 0 saturated carbocycles. The Morgan fingerprint density at radius 2 is 1.76 bits per heavy atom. The highest BCUT2D eigenvalue weighted by atomic mass is 16.5. The number of benzene rings is 2. The molecule has 148 valence electrons. The molecule has 1 aliphatic rings. The number of amides is 1. The number of pyridine rings is 1. The quantitative estimate of drug-likeness (QED) is 0.699. The molecule has 0 radical (unpaired) electrons. The zero-order valence-corrected chi connectivity index (χ0v) is 16.7. The lowest BCUT2D eigenvalue weighted by Crippen LogP contribution is -2.24. The van der Waals surface area contributed by atoms with E-state index < -0.39 is 0 Å². The maximum atomic E-state index is 12.8. The van der Waals surface area contributed by atoms with Crippen LogP contribution in [-0.4, -0.2) is 31.2 Å². The number of methoxy groups -OCH3 is 2. The van der Waals surface area contributed by atoms with Crippen LogP contribution in [-0.2, 0) is 6.42 Å². The molecule has 0 aliphatic carbocycles. The summed E-state index contributed by atoms with van der Waals surface area (Å²) in [5, 5.41) is 2.88. The van der Waals surface area contributed by atoms with Crippen molar-refractivity contribution in [1.82, 2.24) is 4.98 Å². The van der Waals surface area contributed by atoms with Crippen LogP contribution in [0.15, 0.2) is 60.8 Å². The van der Waals surface area contributed by atoms with Crippen LogP contribution in [0.2, 0.25) is 0 Å². The van der Waals surface area contributed by atoms with Crippen LogP contribution < -0.4 is 19.7 Å². The van der Waals surface area contributed by atoms with Crippen molar-refractivity contribution in [3.8, 4) is 11.5 Å². The van der Waals surface area contributed by atoms with Crippen LogP contribution in [0.5, 0.6) is 11.5 Å². The van der Waals surface area contributed by atoms with Crippen LogP contribution in [0.1, 0.15) is 22.8 Å². The van der Waals surface area contributed by atoms with Gasteiger partial charge in [0.1, 0.15) is 22.9 Å². The smallest absolute Gasteiger partial charge is 0.263 e. The third kappa shape index (κ3) is 3.49. The van der Waals surface area contributed by atoms with Crippen LogP contribution in [0.25, 0.3) is 0 Å². The van der Waals surface area contributed by atoms with Gasteiger partial charge in [0.25, 0.3) is 5.91 Å². The second-order valence-electron chi connectivity index (χ2n) is 6.95. The van der Waals surface area contributed by atoms with Crippen molar-refractivity contribution in [3.63, 3.8) is 0 Å². The lowest BCUT2D eigenvalue weighted by molar-refractivity contribution is 0.102. The van der Waals surface area contributed by atoms with E-state index in [9.17, 15) is 4.79 Å². The Bertz CT molecular complexity index is 1010. The monoisotopic (exact) mass is 389 g/mol. The number of aromatic nitrogens is 1. The van der Waals surface area contributed by atoms with Gasteiger partial charge in [0.2, 0.25) is 0 Å². The molecule has 4 rings (SSSR count). The molecule has 1 unspecified atom stereocenters. The highest BCUT2D eigenvalue weighted by molar-refractivity contribution is 6.08. The van der Waals surface area contributed by atoms with Crippen molar-refractivity contribution in [2.24, 2.45) is 0 Å². The van der Waals surface area contributed by atoms with Crippen LogP contribution in [0, 0.1) is 0 Å². The summed E-state index contributed by atoms with van der Waals surface area (Å²) in [7, 11) is 3.05. The normalized spacial score (nSPS) is 15.0. The molecule has 1 aromatic heterocycles. The van der Waals surface area contributed by atoms with E-state index >= 15 is 0 Å². The maximum absolute atomic E-state index is 12.8. The minimum Gasteiger partial charge on any atom is -0.496 e. The molecule has 0 fully saturated rings.